The van der Waals surface area contributed by atoms with E-state index in [2.05, 4.69) is 31.7 Å². The second-order valence-corrected chi connectivity index (χ2v) is 21.1. The average Bonchev–Trinajstić information content (AvgIpc) is 1.02. The van der Waals surface area contributed by atoms with Crippen molar-refractivity contribution in [3.8, 4) is 34.5 Å². The Balaban J connectivity index is 0. The molecule has 0 saturated carbocycles. The summed E-state index contributed by atoms with van der Waals surface area (Å²) in [5.74, 6) is -0.103. The van der Waals surface area contributed by atoms with Gasteiger partial charge in [0.05, 0.1) is 24.0 Å². The summed E-state index contributed by atoms with van der Waals surface area (Å²) in [6.07, 6.45) is 5.74. The van der Waals surface area contributed by atoms with Crippen LogP contribution in [0.1, 0.15) is 138 Å². The van der Waals surface area contributed by atoms with E-state index >= 15 is 0 Å². The summed E-state index contributed by atoms with van der Waals surface area (Å²) >= 11 is 1.67. The Morgan fingerprint density at radius 1 is 0.506 bits per heavy atom. The van der Waals surface area contributed by atoms with E-state index in [4.69, 9.17) is 32.8 Å². The van der Waals surface area contributed by atoms with E-state index in [-0.39, 0.29) is 106 Å². The Hall–Kier alpha value is -7.84. The standard InChI is InChI=1S/C33H38O7.C23H20O4.C6H8O3.C4H8O.5CH4.Al.B.HN/c1-6-32(4,30(37)39-20-28-19-38-28)21-31(2,3)29(36)40-27-17-11-24(12-18-27)33(5,22-7-13-25(34)14-8-22)23-9-15-26(35)16-10-23;1-3-22(26)27-21-14-8-18(9-15-21)23(2,16-4-10-19(24)11-5-16)17-6-12-20(25)13-7-17;1-2-6(7)9-4-5-3-8-5;1-2-4-5-3-1;;;;;;;;/h7-18,28,34-35H,6,19-21H2,1-5H3;3-15,24-25H,1H2,2H3;2,5H,1,3-4H2;1-4H2;5*1H4;;;1H. The number of nitrogens with one attached hydrogen (secondary N) is 1. The number of aromatic hydroxyl groups is 4. The Morgan fingerprint density at radius 2 is 0.798 bits per heavy atom. The van der Waals surface area contributed by atoms with Crippen molar-refractivity contribution in [3.63, 3.8) is 0 Å². The Bertz CT molecular complexity index is 2950. The third kappa shape index (κ3) is 24.2. The molecule has 18 heteroatoms. The van der Waals surface area contributed by atoms with Crippen LogP contribution >= 0.6 is 0 Å². The maximum atomic E-state index is 13.3. The third-order valence-corrected chi connectivity index (χ3v) is 14.5. The minimum absolute atomic E-state index is 0. The SMILES string of the molecule is C.C.C.C.C.C1CCOC1.C=CC(=O)OCC1CO1.C=CC(=O)Oc1ccc(C(C)(c2ccc(O)cc2)c2ccc(O)cc2)cc1.CCC(C)(CC(C)(C)C(=O)Oc1ccc(C(C)(c2ccc(O)cc2)c2ccc(O)cc2)cc1)C(=O)OCC1CO1.[B].[NH]=[Al]. The summed E-state index contributed by atoms with van der Waals surface area (Å²) in [5.41, 5.74) is 2.81. The van der Waals surface area contributed by atoms with Crippen LogP contribution in [-0.4, -0.2) is 121 Å². The molecule has 6 aromatic carbocycles. The molecule has 3 aliphatic heterocycles. The number of carbonyl (C=O) groups excluding carboxylic acids is 4. The molecule has 3 unspecified atom stereocenters. The molecule has 0 spiro atoms. The minimum atomic E-state index is -0.939. The van der Waals surface area contributed by atoms with E-state index in [1.807, 2.05) is 86.6 Å². The number of phenols is 4. The van der Waals surface area contributed by atoms with Crippen LogP contribution in [0.3, 0.4) is 0 Å². The van der Waals surface area contributed by atoms with Crippen LogP contribution in [-0.2, 0) is 53.7 Å². The van der Waals surface area contributed by atoms with Gasteiger partial charge in [-0.25, -0.2) is 9.59 Å². The number of epoxide rings is 2. The van der Waals surface area contributed by atoms with Crippen molar-refractivity contribution in [1.82, 2.24) is 0 Å². The fraction of sp³-hybridized carbons (Fsp3) is 0.380. The van der Waals surface area contributed by atoms with Gasteiger partial charge in [0.15, 0.2) is 0 Å². The first-order chi connectivity index (χ1) is 39.6. The van der Waals surface area contributed by atoms with Crippen LogP contribution in [0.15, 0.2) is 171 Å². The molecule has 480 valence electrons. The molecular formula is C71H95AlBNO15. The zero-order valence-corrected chi connectivity index (χ0v) is 49.7. The molecule has 9 rings (SSSR count). The van der Waals surface area contributed by atoms with E-state index in [9.17, 15) is 39.6 Å². The van der Waals surface area contributed by atoms with E-state index in [0.29, 0.717) is 37.7 Å². The van der Waals surface area contributed by atoms with Gasteiger partial charge in [-0.2, -0.15) is 0 Å². The Kier molecular flexibility index (Phi) is 36.7. The zero-order chi connectivity index (χ0) is 60.8. The van der Waals surface area contributed by atoms with Crippen LogP contribution in [0.25, 0.3) is 0 Å². The van der Waals surface area contributed by atoms with Crippen molar-refractivity contribution in [2.24, 2.45) is 10.8 Å². The van der Waals surface area contributed by atoms with Crippen molar-refractivity contribution in [2.75, 3.05) is 39.6 Å². The maximum absolute atomic E-state index is 13.3. The number of esters is 4. The number of ether oxygens (including phenoxy) is 7. The van der Waals surface area contributed by atoms with Crippen molar-refractivity contribution in [3.05, 3.63) is 204 Å². The first-order valence-corrected chi connectivity index (χ1v) is 27.7. The second-order valence-electron chi connectivity index (χ2n) is 21.1. The summed E-state index contributed by atoms with van der Waals surface area (Å²) in [5, 5.41) is 39.0. The predicted molar refractivity (Wildman–Crippen MR) is 354 cm³/mol. The monoisotopic (exact) mass is 1240 g/mol. The zero-order valence-electron chi connectivity index (χ0n) is 48.6. The predicted octanol–water partition coefficient (Wildman–Crippen LogP) is 14.3. The molecule has 3 fully saturated rings. The molecule has 5 N–H and O–H groups in total. The molecule has 0 aliphatic carbocycles. The van der Waals surface area contributed by atoms with E-state index in [1.165, 1.54) is 12.8 Å². The number of hydrogen-bond donors (Lipinski definition) is 5. The first kappa shape index (κ1) is 83.2. The van der Waals surface area contributed by atoms with Crippen molar-refractivity contribution in [1.29, 1.82) is 4.35 Å². The third-order valence-electron chi connectivity index (χ3n) is 14.5. The summed E-state index contributed by atoms with van der Waals surface area (Å²) in [4.78, 5) is 47.8. The van der Waals surface area contributed by atoms with Crippen molar-refractivity contribution >= 4 is 48.4 Å². The van der Waals surface area contributed by atoms with Gasteiger partial charge in [0.25, 0.3) is 0 Å². The van der Waals surface area contributed by atoms with E-state index in [1.54, 1.807) is 103 Å². The fourth-order valence-corrected chi connectivity index (χ4v) is 9.10. The van der Waals surface area contributed by atoms with Crippen LogP contribution < -0.4 is 9.47 Å². The van der Waals surface area contributed by atoms with Gasteiger partial charge in [0.1, 0.15) is 59.9 Å². The van der Waals surface area contributed by atoms with Gasteiger partial charge in [-0.15, -0.1) is 0 Å². The molecule has 3 aliphatic rings. The summed E-state index contributed by atoms with van der Waals surface area (Å²) in [7, 11) is 0. The van der Waals surface area contributed by atoms with Gasteiger partial charge >= 0.3 is 44.3 Å². The van der Waals surface area contributed by atoms with Crippen LogP contribution in [0.2, 0.25) is 0 Å². The molecule has 3 saturated heterocycles. The van der Waals surface area contributed by atoms with Gasteiger partial charge in [-0.3, -0.25) is 9.59 Å². The van der Waals surface area contributed by atoms with E-state index in [0.717, 1.165) is 58.7 Å². The molecule has 3 atom stereocenters. The number of rotatable bonds is 19. The molecular weight excluding hydrogens is 1140 g/mol. The number of phenolic OH excluding ortho intramolecular Hbond substituents is 4. The molecule has 16 nitrogen and oxygen atoms in total. The molecule has 0 amide bonds. The number of hydrogen-bond acceptors (Lipinski definition) is 16. The Labute approximate surface area is 539 Å². The van der Waals surface area contributed by atoms with Crippen molar-refractivity contribution < 1.29 is 72.8 Å². The average molecular weight is 1240 g/mol. The first-order valence-electron chi connectivity index (χ1n) is 27.2. The molecule has 0 bridgehead atoms. The van der Waals surface area contributed by atoms with Crippen LogP contribution in [0.5, 0.6) is 34.5 Å². The Morgan fingerprint density at radius 3 is 1.07 bits per heavy atom. The molecule has 4 radical (unpaired) electrons. The number of benzene rings is 6. The summed E-state index contributed by atoms with van der Waals surface area (Å²) < 4.78 is 41.6. The molecule has 0 aromatic heterocycles. The van der Waals surface area contributed by atoms with Gasteiger partial charge in [-0.1, -0.05) is 130 Å². The molecule has 3 heterocycles. The normalized spacial score (nSPS) is 14.5. The summed E-state index contributed by atoms with van der Waals surface area (Å²) in [6.45, 7) is 22.0. The second kappa shape index (κ2) is 39.2. The molecule has 89 heavy (non-hydrogen) atoms. The number of carbonyl (C=O) groups is 4. The topological polar surface area (TPSA) is 244 Å². The van der Waals surface area contributed by atoms with Gasteiger partial charge in [0, 0.05) is 44.6 Å². The van der Waals surface area contributed by atoms with Gasteiger partial charge < -0.3 is 53.6 Å². The quantitative estimate of drug-likeness (QED) is 0.0126. The van der Waals surface area contributed by atoms with Crippen LogP contribution in [0, 0.1) is 15.2 Å². The fourth-order valence-electron chi connectivity index (χ4n) is 9.10. The van der Waals surface area contributed by atoms with E-state index < -0.39 is 33.6 Å². The molecule has 6 aromatic rings. The van der Waals surface area contributed by atoms with Gasteiger partial charge in [0.2, 0.25) is 0 Å². The van der Waals surface area contributed by atoms with Gasteiger partial charge in [-0.05, 0) is 166 Å². The summed E-state index contributed by atoms with van der Waals surface area (Å²) in [6, 6.07) is 42.7. The van der Waals surface area contributed by atoms with Crippen LogP contribution in [0.4, 0.5) is 0 Å². The van der Waals surface area contributed by atoms with Crippen molar-refractivity contribution in [2.45, 2.75) is 127 Å².